The molecule has 1 aliphatic rings. The van der Waals surface area contributed by atoms with Gasteiger partial charge in [-0.15, -0.1) is 0 Å². The highest BCUT2D eigenvalue weighted by molar-refractivity contribution is 5.54. The van der Waals surface area contributed by atoms with Gasteiger partial charge in [0.25, 0.3) is 0 Å². The van der Waals surface area contributed by atoms with Crippen LogP contribution in [-0.2, 0) is 0 Å². The van der Waals surface area contributed by atoms with E-state index in [2.05, 4.69) is 45.1 Å². The van der Waals surface area contributed by atoms with Crippen LogP contribution in [-0.4, -0.2) is 11.6 Å². The zero-order valence-electron chi connectivity index (χ0n) is 10.6. The molecule has 0 bridgehead atoms. The van der Waals surface area contributed by atoms with Gasteiger partial charge in [-0.3, -0.25) is 0 Å². The maximum absolute atomic E-state index is 5.83. The standard InChI is InChI=1S/C14H21NO/c1-10-9-12(16-14(2,3)4)7-8-13(10)15-11-5-6-11/h7-9,11,15H,5-6H2,1-4H3. The minimum absolute atomic E-state index is 0.127. The summed E-state index contributed by atoms with van der Waals surface area (Å²) >= 11 is 0. The molecule has 0 spiro atoms. The molecule has 0 radical (unpaired) electrons. The summed E-state index contributed by atoms with van der Waals surface area (Å²) in [5, 5.41) is 3.52. The second-order valence-electron chi connectivity index (χ2n) is 5.61. The fraction of sp³-hybridized carbons (Fsp3) is 0.571. The quantitative estimate of drug-likeness (QED) is 0.836. The minimum Gasteiger partial charge on any atom is -0.488 e. The molecule has 1 aromatic carbocycles. The van der Waals surface area contributed by atoms with Gasteiger partial charge in [-0.2, -0.15) is 0 Å². The van der Waals surface area contributed by atoms with Crippen LogP contribution in [0.4, 0.5) is 5.69 Å². The van der Waals surface area contributed by atoms with Crippen LogP contribution in [0.25, 0.3) is 0 Å². The van der Waals surface area contributed by atoms with E-state index >= 15 is 0 Å². The summed E-state index contributed by atoms with van der Waals surface area (Å²) < 4.78 is 5.83. The Bertz CT molecular complexity index is 375. The van der Waals surface area contributed by atoms with Crippen LogP contribution < -0.4 is 10.1 Å². The number of hydrogen-bond donors (Lipinski definition) is 1. The lowest BCUT2D eigenvalue weighted by Gasteiger charge is -2.22. The zero-order valence-corrected chi connectivity index (χ0v) is 10.6. The fourth-order valence-electron chi connectivity index (χ4n) is 1.66. The average Bonchev–Trinajstić information content (AvgIpc) is 2.90. The summed E-state index contributed by atoms with van der Waals surface area (Å²) in [7, 11) is 0. The van der Waals surface area contributed by atoms with E-state index in [4.69, 9.17) is 4.74 Å². The molecule has 2 heteroatoms. The van der Waals surface area contributed by atoms with Crippen molar-refractivity contribution in [1.29, 1.82) is 0 Å². The van der Waals surface area contributed by atoms with Gasteiger partial charge in [0.1, 0.15) is 11.4 Å². The lowest BCUT2D eigenvalue weighted by atomic mass is 10.1. The van der Waals surface area contributed by atoms with Gasteiger partial charge in [0.05, 0.1) is 0 Å². The molecule has 88 valence electrons. The van der Waals surface area contributed by atoms with Gasteiger partial charge in [-0.25, -0.2) is 0 Å². The fourth-order valence-corrected chi connectivity index (χ4v) is 1.66. The van der Waals surface area contributed by atoms with Crippen LogP contribution in [0.2, 0.25) is 0 Å². The molecular weight excluding hydrogens is 198 g/mol. The van der Waals surface area contributed by atoms with E-state index in [9.17, 15) is 0 Å². The van der Waals surface area contributed by atoms with Crippen molar-refractivity contribution < 1.29 is 4.74 Å². The second-order valence-corrected chi connectivity index (χ2v) is 5.61. The molecule has 2 nitrogen and oxygen atoms in total. The smallest absolute Gasteiger partial charge is 0.120 e. The van der Waals surface area contributed by atoms with Crippen molar-refractivity contribution in [3.05, 3.63) is 23.8 Å². The highest BCUT2D eigenvalue weighted by Crippen LogP contribution is 2.29. The lowest BCUT2D eigenvalue weighted by Crippen LogP contribution is -2.23. The predicted molar refractivity (Wildman–Crippen MR) is 68.2 cm³/mol. The van der Waals surface area contributed by atoms with E-state index in [1.807, 2.05) is 6.07 Å². The monoisotopic (exact) mass is 219 g/mol. The first kappa shape index (κ1) is 11.3. The predicted octanol–water partition coefficient (Wildman–Crippen LogP) is 3.75. The van der Waals surface area contributed by atoms with Gasteiger partial charge in [0, 0.05) is 11.7 Å². The first-order valence-electron chi connectivity index (χ1n) is 6.00. The molecule has 0 saturated heterocycles. The van der Waals surface area contributed by atoms with E-state index in [0.717, 1.165) is 5.75 Å². The normalized spacial score (nSPS) is 16.0. The van der Waals surface area contributed by atoms with Crippen LogP contribution in [0.5, 0.6) is 5.75 Å². The Morgan fingerprint density at radius 2 is 1.94 bits per heavy atom. The largest absolute Gasteiger partial charge is 0.488 e. The number of nitrogens with one attached hydrogen (secondary N) is 1. The van der Waals surface area contributed by atoms with E-state index in [0.29, 0.717) is 6.04 Å². The van der Waals surface area contributed by atoms with E-state index < -0.39 is 0 Å². The maximum Gasteiger partial charge on any atom is 0.120 e. The summed E-state index contributed by atoms with van der Waals surface area (Å²) in [6.45, 7) is 8.33. The number of hydrogen-bond acceptors (Lipinski definition) is 2. The molecule has 0 heterocycles. The van der Waals surface area contributed by atoms with E-state index in [-0.39, 0.29) is 5.60 Å². The molecule has 2 rings (SSSR count). The Morgan fingerprint density at radius 1 is 1.25 bits per heavy atom. The molecule has 1 aromatic rings. The third-order valence-corrected chi connectivity index (χ3v) is 2.56. The molecule has 0 unspecified atom stereocenters. The SMILES string of the molecule is Cc1cc(OC(C)(C)C)ccc1NC1CC1. The molecule has 0 aliphatic heterocycles. The molecule has 0 amide bonds. The van der Waals surface area contributed by atoms with Crippen molar-refractivity contribution in [3.8, 4) is 5.75 Å². The zero-order chi connectivity index (χ0) is 11.8. The summed E-state index contributed by atoms with van der Waals surface area (Å²) in [5.41, 5.74) is 2.37. The summed E-state index contributed by atoms with van der Waals surface area (Å²) in [6, 6.07) is 6.97. The van der Waals surface area contributed by atoms with Crippen molar-refractivity contribution in [2.24, 2.45) is 0 Å². The van der Waals surface area contributed by atoms with Crippen LogP contribution in [0.1, 0.15) is 39.2 Å². The Kier molecular flexibility index (Phi) is 2.83. The molecule has 16 heavy (non-hydrogen) atoms. The molecule has 0 atom stereocenters. The lowest BCUT2D eigenvalue weighted by molar-refractivity contribution is 0.131. The molecule has 1 fully saturated rings. The van der Waals surface area contributed by atoms with E-state index in [1.54, 1.807) is 0 Å². The van der Waals surface area contributed by atoms with Crippen LogP contribution in [0, 0.1) is 6.92 Å². The van der Waals surface area contributed by atoms with Gasteiger partial charge in [0.2, 0.25) is 0 Å². The molecule has 1 saturated carbocycles. The van der Waals surface area contributed by atoms with Crippen molar-refractivity contribution in [2.75, 3.05) is 5.32 Å². The molecule has 0 aromatic heterocycles. The van der Waals surface area contributed by atoms with Gasteiger partial charge in [0.15, 0.2) is 0 Å². The van der Waals surface area contributed by atoms with Crippen molar-refractivity contribution in [3.63, 3.8) is 0 Å². The Morgan fingerprint density at radius 3 is 2.44 bits per heavy atom. The van der Waals surface area contributed by atoms with E-state index in [1.165, 1.54) is 24.1 Å². The third kappa shape index (κ3) is 3.16. The van der Waals surface area contributed by atoms with Gasteiger partial charge in [-0.1, -0.05) is 0 Å². The van der Waals surface area contributed by atoms with Gasteiger partial charge in [-0.05, 0) is 64.3 Å². The minimum atomic E-state index is -0.127. The van der Waals surface area contributed by atoms with Crippen molar-refractivity contribution >= 4 is 5.69 Å². The van der Waals surface area contributed by atoms with Crippen LogP contribution in [0.15, 0.2) is 18.2 Å². The van der Waals surface area contributed by atoms with Gasteiger partial charge < -0.3 is 10.1 Å². The average molecular weight is 219 g/mol. The summed E-state index contributed by atoms with van der Waals surface area (Å²) in [5.74, 6) is 0.950. The number of rotatable bonds is 3. The summed E-state index contributed by atoms with van der Waals surface area (Å²) in [6.07, 6.45) is 2.61. The Hall–Kier alpha value is -1.18. The number of ether oxygens (including phenoxy) is 1. The maximum atomic E-state index is 5.83. The van der Waals surface area contributed by atoms with Crippen molar-refractivity contribution in [2.45, 2.75) is 52.2 Å². The number of aryl methyl sites for hydroxylation is 1. The Balaban J connectivity index is 2.08. The van der Waals surface area contributed by atoms with Gasteiger partial charge >= 0.3 is 0 Å². The van der Waals surface area contributed by atoms with Crippen LogP contribution in [0.3, 0.4) is 0 Å². The Labute approximate surface area is 98.0 Å². The number of benzene rings is 1. The third-order valence-electron chi connectivity index (χ3n) is 2.56. The molecular formula is C14H21NO. The first-order valence-corrected chi connectivity index (χ1v) is 6.00. The second kappa shape index (κ2) is 4.00. The topological polar surface area (TPSA) is 21.3 Å². The van der Waals surface area contributed by atoms with Crippen molar-refractivity contribution in [1.82, 2.24) is 0 Å². The van der Waals surface area contributed by atoms with Crippen LogP contribution >= 0.6 is 0 Å². The molecule has 1 aliphatic carbocycles. The highest BCUT2D eigenvalue weighted by Gasteiger charge is 2.21. The number of anilines is 1. The summed E-state index contributed by atoms with van der Waals surface area (Å²) in [4.78, 5) is 0. The highest BCUT2D eigenvalue weighted by atomic mass is 16.5. The molecule has 1 N–H and O–H groups in total. The first-order chi connectivity index (χ1) is 7.44.